The molecule has 0 aliphatic carbocycles. The van der Waals surface area contributed by atoms with Crippen LogP contribution in [0.25, 0.3) is 0 Å². The molecule has 0 unspecified atom stereocenters. The first-order valence-electron chi connectivity index (χ1n) is 6.52. The van der Waals surface area contributed by atoms with Crippen molar-refractivity contribution >= 4 is 10.0 Å². The Hall–Kier alpha value is -1.31. The smallest absolute Gasteiger partial charge is 0.240 e. The molecule has 0 spiro atoms. The van der Waals surface area contributed by atoms with Gasteiger partial charge in [0, 0.05) is 26.3 Å². The zero-order valence-electron chi connectivity index (χ0n) is 11.4. The van der Waals surface area contributed by atoms with Crippen LogP contribution in [0, 0.1) is 0 Å². The Labute approximate surface area is 119 Å². The van der Waals surface area contributed by atoms with Gasteiger partial charge in [-0.1, -0.05) is 0 Å². The van der Waals surface area contributed by atoms with Crippen molar-refractivity contribution in [2.45, 2.75) is 17.7 Å². The number of rotatable bonds is 7. The lowest BCUT2D eigenvalue weighted by Crippen LogP contribution is -2.25. The van der Waals surface area contributed by atoms with E-state index in [9.17, 15) is 8.42 Å². The first-order valence-corrected chi connectivity index (χ1v) is 8.00. The summed E-state index contributed by atoms with van der Waals surface area (Å²) in [4.78, 5) is 0.188. The first-order chi connectivity index (χ1) is 9.63. The van der Waals surface area contributed by atoms with Crippen molar-refractivity contribution in [1.29, 1.82) is 0 Å². The molecule has 1 aromatic carbocycles. The van der Waals surface area contributed by atoms with Crippen LogP contribution in [0.3, 0.4) is 0 Å². The van der Waals surface area contributed by atoms with Crippen LogP contribution in [0.15, 0.2) is 23.1 Å². The molecule has 0 amide bonds. The highest BCUT2D eigenvalue weighted by Crippen LogP contribution is 2.32. The van der Waals surface area contributed by atoms with Crippen molar-refractivity contribution in [2.75, 3.05) is 33.5 Å². The van der Waals surface area contributed by atoms with E-state index < -0.39 is 10.0 Å². The lowest BCUT2D eigenvalue weighted by atomic mass is 10.3. The van der Waals surface area contributed by atoms with Gasteiger partial charge in [0.15, 0.2) is 11.5 Å². The van der Waals surface area contributed by atoms with Crippen LogP contribution >= 0.6 is 0 Å². The summed E-state index contributed by atoms with van der Waals surface area (Å²) in [7, 11) is -1.88. The normalized spacial score (nSPS) is 14.2. The molecule has 0 atom stereocenters. The number of hydrogen-bond donors (Lipinski definition) is 1. The maximum absolute atomic E-state index is 12.1. The molecule has 0 saturated carbocycles. The highest BCUT2D eigenvalue weighted by molar-refractivity contribution is 7.89. The van der Waals surface area contributed by atoms with E-state index in [2.05, 4.69) is 4.72 Å². The number of methoxy groups -OCH3 is 1. The molecule has 1 aliphatic rings. The van der Waals surface area contributed by atoms with E-state index in [-0.39, 0.29) is 4.90 Å². The van der Waals surface area contributed by atoms with Crippen LogP contribution in [0.1, 0.15) is 12.8 Å². The molecule has 6 nitrogen and oxygen atoms in total. The summed E-state index contributed by atoms with van der Waals surface area (Å²) >= 11 is 0. The predicted octanol–water partition coefficient (Wildman–Crippen LogP) is 1.16. The van der Waals surface area contributed by atoms with Gasteiger partial charge >= 0.3 is 0 Å². The van der Waals surface area contributed by atoms with Crippen molar-refractivity contribution in [3.05, 3.63) is 18.2 Å². The Balaban J connectivity index is 1.98. The van der Waals surface area contributed by atoms with Gasteiger partial charge in [-0.05, 0) is 25.0 Å². The summed E-state index contributed by atoms with van der Waals surface area (Å²) in [5.74, 6) is 1.05. The Kier molecular flexibility index (Phi) is 5.22. The molecule has 0 aromatic heterocycles. The van der Waals surface area contributed by atoms with Gasteiger partial charge in [0.1, 0.15) is 13.2 Å². The molecular formula is C13H19NO5S. The largest absolute Gasteiger partial charge is 0.486 e. The fourth-order valence-electron chi connectivity index (χ4n) is 1.85. The van der Waals surface area contributed by atoms with Crippen LogP contribution in [-0.4, -0.2) is 41.9 Å². The minimum atomic E-state index is -3.51. The van der Waals surface area contributed by atoms with Crippen LogP contribution < -0.4 is 14.2 Å². The predicted molar refractivity (Wildman–Crippen MR) is 73.7 cm³/mol. The average molecular weight is 301 g/mol. The topological polar surface area (TPSA) is 73.9 Å². The van der Waals surface area contributed by atoms with Crippen LogP contribution in [0.2, 0.25) is 0 Å². The van der Waals surface area contributed by atoms with Gasteiger partial charge in [-0.3, -0.25) is 0 Å². The van der Waals surface area contributed by atoms with E-state index in [1.165, 1.54) is 12.1 Å². The zero-order valence-corrected chi connectivity index (χ0v) is 12.2. The van der Waals surface area contributed by atoms with Gasteiger partial charge < -0.3 is 14.2 Å². The molecule has 20 heavy (non-hydrogen) atoms. The highest BCUT2D eigenvalue weighted by Gasteiger charge is 2.18. The molecule has 1 heterocycles. The molecule has 0 fully saturated rings. The summed E-state index contributed by atoms with van der Waals surface area (Å²) in [5, 5.41) is 0. The van der Waals surface area contributed by atoms with E-state index in [1.807, 2.05) is 0 Å². The van der Waals surface area contributed by atoms with Gasteiger partial charge in [-0.2, -0.15) is 0 Å². The molecule has 1 aliphatic heterocycles. The van der Waals surface area contributed by atoms with E-state index in [0.29, 0.717) is 37.9 Å². The molecule has 7 heteroatoms. The number of fused-ring (bicyclic) bond motifs is 1. The molecule has 0 radical (unpaired) electrons. The third-order valence-electron chi connectivity index (χ3n) is 2.89. The third kappa shape index (κ3) is 3.84. The van der Waals surface area contributed by atoms with Crippen LogP contribution in [-0.2, 0) is 14.8 Å². The van der Waals surface area contributed by atoms with Crippen molar-refractivity contribution in [3.8, 4) is 11.5 Å². The van der Waals surface area contributed by atoms with Gasteiger partial charge in [0.2, 0.25) is 10.0 Å². The Bertz CT molecular complexity index is 544. The van der Waals surface area contributed by atoms with Crippen molar-refractivity contribution in [2.24, 2.45) is 0 Å². The summed E-state index contributed by atoms with van der Waals surface area (Å²) in [5.41, 5.74) is 0. The van der Waals surface area contributed by atoms with Crippen molar-refractivity contribution < 1.29 is 22.6 Å². The van der Waals surface area contributed by atoms with Crippen LogP contribution in [0.4, 0.5) is 0 Å². The van der Waals surface area contributed by atoms with Gasteiger partial charge in [-0.25, -0.2) is 13.1 Å². The first kappa shape index (κ1) is 15.1. The van der Waals surface area contributed by atoms with Crippen molar-refractivity contribution in [3.63, 3.8) is 0 Å². The molecular weight excluding hydrogens is 282 g/mol. The second-order valence-corrected chi connectivity index (χ2v) is 6.17. The Morgan fingerprint density at radius 3 is 2.70 bits per heavy atom. The minimum absolute atomic E-state index is 0.188. The second-order valence-electron chi connectivity index (χ2n) is 4.40. The van der Waals surface area contributed by atoms with Crippen LogP contribution in [0.5, 0.6) is 11.5 Å². The molecule has 2 rings (SSSR count). The number of unbranched alkanes of at least 4 members (excludes halogenated alkanes) is 1. The Morgan fingerprint density at radius 1 is 1.20 bits per heavy atom. The molecule has 1 N–H and O–H groups in total. The summed E-state index contributed by atoms with van der Waals surface area (Å²) in [6.45, 7) is 1.93. The number of hydrogen-bond acceptors (Lipinski definition) is 5. The van der Waals surface area contributed by atoms with Gasteiger partial charge in [-0.15, -0.1) is 0 Å². The number of ether oxygens (including phenoxy) is 3. The van der Waals surface area contributed by atoms with Crippen molar-refractivity contribution in [1.82, 2.24) is 4.72 Å². The standard InChI is InChI=1S/C13H19NO5S/c1-17-7-3-2-6-14-20(15,16)11-4-5-12-13(10-11)19-9-8-18-12/h4-5,10,14H,2-3,6-9H2,1H3. The maximum atomic E-state index is 12.1. The number of nitrogens with one attached hydrogen (secondary N) is 1. The van der Waals surface area contributed by atoms with E-state index >= 15 is 0 Å². The quantitative estimate of drug-likeness (QED) is 0.765. The zero-order chi connectivity index (χ0) is 14.4. The van der Waals surface area contributed by atoms with E-state index in [0.717, 1.165) is 12.8 Å². The lowest BCUT2D eigenvalue weighted by Gasteiger charge is -2.18. The summed E-state index contributed by atoms with van der Waals surface area (Å²) in [6, 6.07) is 4.63. The lowest BCUT2D eigenvalue weighted by molar-refractivity contribution is 0.171. The van der Waals surface area contributed by atoms with E-state index in [4.69, 9.17) is 14.2 Å². The SMILES string of the molecule is COCCCCNS(=O)(=O)c1ccc2c(c1)OCCO2. The molecule has 112 valence electrons. The maximum Gasteiger partial charge on any atom is 0.240 e. The fourth-order valence-corrected chi connectivity index (χ4v) is 2.94. The number of benzene rings is 1. The van der Waals surface area contributed by atoms with E-state index in [1.54, 1.807) is 13.2 Å². The molecule has 0 saturated heterocycles. The van der Waals surface area contributed by atoms with Gasteiger partial charge in [0.05, 0.1) is 4.90 Å². The average Bonchev–Trinajstić information content (AvgIpc) is 2.46. The van der Waals surface area contributed by atoms with Gasteiger partial charge in [0.25, 0.3) is 0 Å². The molecule has 1 aromatic rings. The summed E-state index contributed by atoms with van der Waals surface area (Å²) in [6.07, 6.45) is 1.55. The monoisotopic (exact) mass is 301 g/mol. The Morgan fingerprint density at radius 2 is 1.95 bits per heavy atom. The summed E-state index contributed by atoms with van der Waals surface area (Å²) < 4.78 is 42.4. The molecule has 0 bridgehead atoms. The third-order valence-corrected chi connectivity index (χ3v) is 4.35. The number of sulfonamides is 1. The highest BCUT2D eigenvalue weighted by atomic mass is 32.2. The fraction of sp³-hybridized carbons (Fsp3) is 0.538. The second kappa shape index (κ2) is 6.92. The minimum Gasteiger partial charge on any atom is -0.486 e.